The van der Waals surface area contributed by atoms with Gasteiger partial charge in [-0.05, 0) is 18.8 Å². The number of hydrogen-bond acceptors (Lipinski definition) is 1. The van der Waals surface area contributed by atoms with Gasteiger partial charge in [-0.3, -0.25) is 0 Å². The zero-order valence-electron chi connectivity index (χ0n) is 9.61. The van der Waals surface area contributed by atoms with Gasteiger partial charge in [0.2, 0.25) is 0 Å². The van der Waals surface area contributed by atoms with Gasteiger partial charge < -0.3 is 0 Å². The lowest BCUT2D eigenvalue weighted by Crippen LogP contribution is -2.17. The Bertz CT molecular complexity index is 175. The summed E-state index contributed by atoms with van der Waals surface area (Å²) in [6.45, 7) is 6.65. The molecule has 98 valence electrons. The number of halogens is 3. The molecule has 2 N–H and O–H groups in total. The van der Waals surface area contributed by atoms with E-state index in [0.29, 0.717) is 14.5 Å². The maximum absolute atomic E-state index is 8.70. The Morgan fingerprint density at radius 2 is 1.25 bits per heavy atom. The molecule has 0 amide bonds. The van der Waals surface area contributed by atoms with Gasteiger partial charge in [-0.2, -0.15) is 0 Å². The predicted molar refractivity (Wildman–Crippen MR) is 79.9 cm³/mol. The van der Waals surface area contributed by atoms with E-state index in [4.69, 9.17) is 14.4 Å². The van der Waals surface area contributed by atoms with Gasteiger partial charge in [0.25, 0.3) is 0 Å². The fourth-order valence-corrected chi connectivity index (χ4v) is 2.70. The zero-order chi connectivity index (χ0) is 13.3. The van der Waals surface area contributed by atoms with Crippen molar-refractivity contribution in [1.82, 2.24) is 0 Å². The topological polar surface area (TPSA) is 57.5 Å². The quantitative estimate of drug-likeness (QED) is 0.488. The lowest BCUT2D eigenvalue weighted by molar-refractivity contribution is 0.405. The molecule has 0 fully saturated rings. The molecule has 7 heteroatoms. The van der Waals surface area contributed by atoms with E-state index >= 15 is 0 Å². The zero-order valence-corrected chi connectivity index (χ0v) is 15.3. The molecule has 0 aromatic heterocycles. The van der Waals surface area contributed by atoms with Gasteiger partial charge in [0, 0.05) is 19.0 Å². The van der Waals surface area contributed by atoms with Crippen molar-refractivity contribution in [1.29, 1.82) is 0 Å². The summed E-state index contributed by atoms with van der Waals surface area (Å²) in [7, 11) is -2.87. The standard InChI is InChI=1S/C9H17Br3.HO3P/c1-6(10)4-9(8(3)12)5-7(2)11;1-4(2)3/h6-9H,4-5H2,1-3H3;(H-,1,2,3)/p+1. The lowest BCUT2D eigenvalue weighted by Gasteiger charge is -2.22. The highest BCUT2D eigenvalue weighted by atomic mass is 79.9. The van der Waals surface area contributed by atoms with E-state index in [-0.39, 0.29) is 0 Å². The molecule has 0 aliphatic heterocycles. The van der Waals surface area contributed by atoms with Gasteiger partial charge in [0.15, 0.2) is 0 Å². The van der Waals surface area contributed by atoms with Crippen LogP contribution in [0.2, 0.25) is 0 Å². The van der Waals surface area contributed by atoms with E-state index in [1.54, 1.807) is 0 Å². The maximum Gasteiger partial charge on any atom is 0.692 e. The first-order valence-electron chi connectivity index (χ1n) is 4.94. The fraction of sp³-hybridized carbons (Fsp3) is 1.00. The first kappa shape index (κ1) is 19.8. The van der Waals surface area contributed by atoms with Crippen LogP contribution in [0.5, 0.6) is 0 Å². The Hall–Kier alpha value is 1.46. The van der Waals surface area contributed by atoms with Crippen molar-refractivity contribution in [2.24, 2.45) is 5.92 Å². The average molecular weight is 446 g/mol. The second kappa shape index (κ2) is 11.5. The Morgan fingerprint density at radius 1 is 1.00 bits per heavy atom. The summed E-state index contributed by atoms with van der Waals surface area (Å²) >= 11 is 10.9. The van der Waals surface area contributed by atoms with Crippen LogP contribution in [-0.4, -0.2) is 24.3 Å². The van der Waals surface area contributed by atoms with E-state index in [1.165, 1.54) is 12.8 Å². The van der Waals surface area contributed by atoms with Crippen molar-refractivity contribution >= 4 is 56.0 Å². The first-order valence-corrected chi connectivity index (χ1v) is 8.85. The van der Waals surface area contributed by atoms with Gasteiger partial charge in [0.1, 0.15) is 0 Å². The van der Waals surface area contributed by atoms with Crippen LogP contribution in [0.1, 0.15) is 33.6 Å². The van der Waals surface area contributed by atoms with Crippen molar-refractivity contribution < 1.29 is 14.4 Å². The van der Waals surface area contributed by atoms with Crippen LogP contribution in [0.15, 0.2) is 0 Å². The molecule has 3 atom stereocenters. The number of hydrogen-bond donors (Lipinski definition) is 2. The third kappa shape index (κ3) is 17.8. The predicted octanol–water partition coefficient (Wildman–Crippen LogP) is 4.36. The van der Waals surface area contributed by atoms with Crippen LogP contribution < -0.4 is 0 Å². The Balaban J connectivity index is 0. The van der Waals surface area contributed by atoms with Gasteiger partial charge >= 0.3 is 8.25 Å². The second-order valence-electron chi connectivity index (χ2n) is 3.72. The summed E-state index contributed by atoms with van der Waals surface area (Å²) in [6.07, 6.45) is 2.48. The molecular weight excluding hydrogens is 427 g/mol. The minimum Gasteiger partial charge on any atom is -0.134 e. The molecule has 0 saturated heterocycles. The van der Waals surface area contributed by atoms with Crippen LogP contribution in [-0.2, 0) is 4.57 Å². The Kier molecular flexibility index (Phi) is 14.3. The van der Waals surface area contributed by atoms with Gasteiger partial charge in [-0.15, -0.1) is 9.79 Å². The molecule has 0 aromatic rings. The van der Waals surface area contributed by atoms with Crippen molar-refractivity contribution in [3.8, 4) is 0 Å². The summed E-state index contributed by atoms with van der Waals surface area (Å²) in [5.41, 5.74) is 0. The third-order valence-electron chi connectivity index (χ3n) is 1.90. The molecule has 3 unspecified atom stereocenters. The largest absolute Gasteiger partial charge is 0.692 e. The fourth-order valence-electron chi connectivity index (χ4n) is 1.31. The lowest BCUT2D eigenvalue weighted by atomic mass is 9.96. The summed E-state index contributed by atoms with van der Waals surface area (Å²) in [5, 5.41) is 0. The molecule has 0 rings (SSSR count). The van der Waals surface area contributed by atoms with Gasteiger partial charge in [-0.25, -0.2) is 0 Å². The van der Waals surface area contributed by atoms with E-state index in [1.807, 2.05) is 0 Å². The summed E-state index contributed by atoms with van der Waals surface area (Å²) in [5.74, 6) is 0.758. The average Bonchev–Trinajstić information content (AvgIpc) is 1.99. The SMILES string of the molecule is CC(Br)CC(CC(C)Br)C(C)Br.O=[P+](O)O. The summed E-state index contributed by atoms with van der Waals surface area (Å²) in [6, 6.07) is 0. The van der Waals surface area contributed by atoms with E-state index in [2.05, 4.69) is 68.6 Å². The Morgan fingerprint density at radius 3 is 1.38 bits per heavy atom. The molecule has 0 spiro atoms. The number of rotatable bonds is 5. The molecule has 3 nitrogen and oxygen atoms in total. The first-order chi connectivity index (χ1) is 7.16. The van der Waals surface area contributed by atoms with Crippen molar-refractivity contribution in [2.45, 2.75) is 48.1 Å². The van der Waals surface area contributed by atoms with Crippen molar-refractivity contribution in [3.05, 3.63) is 0 Å². The van der Waals surface area contributed by atoms with Crippen LogP contribution in [0.25, 0.3) is 0 Å². The minimum atomic E-state index is -2.87. The monoisotopic (exact) mass is 443 g/mol. The normalized spacial score (nSPS) is 17.8. The minimum absolute atomic E-state index is 0.609. The highest BCUT2D eigenvalue weighted by Gasteiger charge is 2.18. The van der Waals surface area contributed by atoms with Crippen LogP contribution >= 0.6 is 56.0 Å². The Labute approximate surface area is 124 Å². The smallest absolute Gasteiger partial charge is 0.134 e. The highest BCUT2D eigenvalue weighted by molar-refractivity contribution is 9.10. The molecule has 0 aliphatic carbocycles. The van der Waals surface area contributed by atoms with Crippen molar-refractivity contribution in [3.63, 3.8) is 0 Å². The van der Waals surface area contributed by atoms with Crippen molar-refractivity contribution in [2.75, 3.05) is 0 Å². The van der Waals surface area contributed by atoms with E-state index in [0.717, 1.165) is 5.92 Å². The molecule has 0 heterocycles. The molecule has 16 heavy (non-hydrogen) atoms. The van der Waals surface area contributed by atoms with Gasteiger partial charge in [0.05, 0.1) is 0 Å². The maximum atomic E-state index is 8.70. The van der Waals surface area contributed by atoms with E-state index in [9.17, 15) is 0 Å². The van der Waals surface area contributed by atoms with Crippen LogP contribution in [0.3, 0.4) is 0 Å². The third-order valence-corrected chi connectivity index (χ3v) is 3.40. The summed E-state index contributed by atoms with van der Waals surface area (Å²) in [4.78, 5) is 16.1. The molecule has 0 saturated carbocycles. The molecular formula is C9H19Br3O3P+. The molecule has 0 radical (unpaired) electrons. The van der Waals surface area contributed by atoms with Crippen LogP contribution in [0.4, 0.5) is 0 Å². The van der Waals surface area contributed by atoms with Crippen LogP contribution in [0, 0.1) is 5.92 Å². The van der Waals surface area contributed by atoms with E-state index < -0.39 is 8.25 Å². The molecule has 0 aliphatic rings. The highest BCUT2D eigenvalue weighted by Crippen LogP contribution is 2.27. The van der Waals surface area contributed by atoms with Gasteiger partial charge in [-0.1, -0.05) is 68.6 Å². The second-order valence-corrected chi connectivity index (χ2v) is 8.80. The summed E-state index contributed by atoms with van der Waals surface area (Å²) < 4.78 is 8.70. The molecule has 0 aromatic carbocycles. The number of alkyl halides is 3. The molecule has 0 bridgehead atoms.